The number of hydrogen-bond donors (Lipinski definition) is 2. The van der Waals surface area contributed by atoms with Crippen LogP contribution in [0.5, 0.6) is 0 Å². The van der Waals surface area contributed by atoms with Gasteiger partial charge in [0.05, 0.1) is 6.10 Å². The van der Waals surface area contributed by atoms with Gasteiger partial charge in [-0.1, -0.05) is 50.3 Å². The first-order chi connectivity index (χ1) is 10.3. The van der Waals surface area contributed by atoms with Crippen LogP contribution >= 0.6 is 0 Å². The lowest BCUT2D eigenvalue weighted by Gasteiger charge is -2.59. The maximum Gasteiger partial charge on any atom is 0.0552 e. The Morgan fingerprint density at radius 1 is 1.36 bits per heavy atom. The minimum atomic E-state index is -0.323. The molecule has 0 spiro atoms. The summed E-state index contributed by atoms with van der Waals surface area (Å²) in [4.78, 5) is 0. The molecule has 22 heavy (non-hydrogen) atoms. The van der Waals surface area contributed by atoms with Crippen molar-refractivity contribution < 1.29 is 10.2 Å². The highest BCUT2D eigenvalue weighted by Gasteiger charge is 2.56. The molecule has 2 rings (SSSR count). The first-order valence-corrected chi connectivity index (χ1v) is 8.52. The first kappa shape index (κ1) is 17.5. The lowest BCUT2D eigenvalue weighted by Crippen LogP contribution is -2.55. The third-order valence-corrected chi connectivity index (χ3v) is 6.42. The molecular formula is C20H32O2. The van der Waals surface area contributed by atoms with Crippen LogP contribution in [0.25, 0.3) is 0 Å². The summed E-state index contributed by atoms with van der Waals surface area (Å²) in [6, 6.07) is 0. The Bertz CT molecular complexity index is 478. The lowest BCUT2D eigenvalue weighted by molar-refractivity contribution is -0.128. The van der Waals surface area contributed by atoms with Gasteiger partial charge in [-0.05, 0) is 61.7 Å². The summed E-state index contributed by atoms with van der Waals surface area (Å²) in [5, 5.41) is 20.4. The molecule has 0 aliphatic heterocycles. The van der Waals surface area contributed by atoms with Crippen LogP contribution in [0.3, 0.4) is 0 Å². The molecule has 2 heteroatoms. The van der Waals surface area contributed by atoms with Crippen molar-refractivity contribution in [3.8, 4) is 0 Å². The van der Waals surface area contributed by atoms with Crippen LogP contribution in [0, 0.1) is 22.7 Å². The van der Waals surface area contributed by atoms with E-state index in [9.17, 15) is 10.2 Å². The fourth-order valence-electron chi connectivity index (χ4n) is 5.23. The monoisotopic (exact) mass is 304 g/mol. The van der Waals surface area contributed by atoms with E-state index in [4.69, 9.17) is 0 Å². The smallest absolute Gasteiger partial charge is 0.0552 e. The van der Waals surface area contributed by atoms with E-state index in [0.717, 1.165) is 25.7 Å². The zero-order valence-electron chi connectivity index (χ0n) is 14.4. The van der Waals surface area contributed by atoms with Crippen molar-refractivity contribution in [1.29, 1.82) is 0 Å². The van der Waals surface area contributed by atoms with E-state index in [1.165, 1.54) is 11.1 Å². The quantitative estimate of drug-likeness (QED) is 0.602. The average Bonchev–Trinajstić information content (AvgIpc) is 2.45. The number of aliphatic hydroxyl groups excluding tert-OH is 2. The highest BCUT2D eigenvalue weighted by atomic mass is 16.3. The van der Waals surface area contributed by atoms with Gasteiger partial charge in [0.1, 0.15) is 0 Å². The Morgan fingerprint density at radius 2 is 2.05 bits per heavy atom. The fraction of sp³-hybridized carbons (Fsp3) is 0.700. The number of rotatable bonds is 4. The van der Waals surface area contributed by atoms with Crippen molar-refractivity contribution in [2.45, 2.75) is 59.0 Å². The van der Waals surface area contributed by atoms with E-state index >= 15 is 0 Å². The summed E-state index contributed by atoms with van der Waals surface area (Å²) >= 11 is 0. The van der Waals surface area contributed by atoms with Crippen LogP contribution in [0.15, 0.2) is 36.5 Å². The second kappa shape index (κ2) is 6.33. The largest absolute Gasteiger partial charge is 0.396 e. The van der Waals surface area contributed by atoms with Gasteiger partial charge in [0.15, 0.2) is 0 Å². The molecule has 5 atom stereocenters. The van der Waals surface area contributed by atoms with E-state index in [1.807, 2.05) is 6.08 Å². The van der Waals surface area contributed by atoms with Gasteiger partial charge in [-0.2, -0.15) is 0 Å². The molecule has 0 aromatic rings. The van der Waals surface area contributed by atoms with Crippen LogP contribution in [0.1, 0.15) is 52.9 Å². The van der Waals surface area contributed by atoms with Gasteiger partial charge in [0, 0.05) is 6.61 Å². The Hall–Kier alpha value is -0.860. The predicted octanol–water partition coefficient (Wildman–Crippen LogP) is 4.25. The zero-order valence-corrected chi connectivity index (χ0v) is 14.4. The van der Waals surface area contributed by atoms with Crippen LogP contribution < -0.4 is 0 Å². The van der Waals surface area contributed by atoms with Crippen molar-refractivity contribution in [2.24, 2.45) is 22.7 Å². The molecule has 0 radical (unpaired) electrons. The third-order valence-electron chi connectivity index (χ3n) is 6.42. The maximum atomic E-state index is 10.4. The minimum Gasteiger partial charge on any atom is -0.396 e. The summed E-state index contributed by atoms with van der Waals surface area (Å²) in [5.41, 5.74) is 2.34. The highest BCUT2D eigenvalue weighted by Crippen LogP contribution is 2.61. The Morgan fingerprint density at radius 3 is 2.64 bits per heavy atom. The van der Waals surface area contributed by atoms with Crippen LogP contribution in [0.2, 0.25) is 0 Å². The fourth-order valence-corrected chi connectivity index (χ4v) is 5.23. The molecule has 124 valence electrons. The number of aliphatic hydroxyl groups is 2. The van der Waals surface area contributed by atoms with Crippen molar-refractivity contribution >= 4 is 0 Å². The molecule has 2 aliphatic carbocycles. The summed E-state index contributed by atoms with van der Waals surface area (Å²) in [5.74, 6) is 0.823. The summed E-state index contributed by atoms with van der Waals surface area (Å²) in [6.07, 6.45) is 8.42. The van der Waals surface area contributed by atoms with E-state index < -0.39 is 0 Å². The van der Waals surface area contributed by atoms with Gasteiger partial charge >= 0.3 is 0 Å². The molecule has 2 fully saturated rings. The van der Waals surface area contributed by atoms with Gasteiger partial charge < -0.3 is 10.2 Å². The van der Waals surface area contributed by atoms with Crippen LogP contribution in [-0.4, -0.2) is 22.9 Å². The molecule has 0 aromatic heterocycles. The van der Waals surface area contributed by atoms with E-state index in [-0.39, 0.29) is 23.5 Å². The molecule has 2 aliphatic rings. The number of hydrogen-bond acceptors (Lipinski definition) is 2. The molecule has 2 N–H and O–H groups in total. The van der Waals surface area contributed by atoms with Crippen molar-refractivity contribution in [3.63, 3.8) is 0 Å². The van der Waals surface area contributed by atoms with E-state index in [2.05, 4.69) is 40.0 Å². The predicted molar refractivity (Wildman–Crippen MR) is 92.5 cm³/mol. The molecule has 2 saturated carbocycles. The van der Waals surface area contributed by atoms with Crippen LogP contribution in [-0.2, 0) is 0 Å². The van der Waals surface area contributed by atoms with Crippen molar-refractivity contribution in [3.05, 3.63) is 36.5 Å². The number of allylic oxidation sites excluding steroid dienone is 4. The molecule has 0 amide bonds. The SMILES string of the molecule is C=C/C(C)=C/C[C@H]1C(=C)CC[C@H]2[C@](C)(CO)C[C@H](O)C[C@]12C. The normalized spacial score (nSPS) is 42.9. The van der Waals surface area contributed by atoms with E-state index in [0.29, 0.717) is 18.3 Å². The first-order valence-electron chi connectivity index (χ1n) is 8.52. The molecule has 0 aromatic carbocycles. The second-order valence-electron chi connectivity index (χ2n) is 8.07. The van der Waals surface area contributed by atoms with E-state index in [1.54, 1.807) is 0 Å². The lowest BCUT2D eigenvalue weighted by atomic mass is 9.46. The van der Waals surface area contributed by atoms with Gasteiger partial charge in [0.2, 0.25) is 0 Å². The van der Waals surface area contributed by atoms with Gasteiger partial charge in [-0.15, -0.1) is 0 Å². The maximum absolute atomic E-state index is 10.4. The van der Waals surface area contributed by atoms with Crippen molar-refractivity contribution in [2.75, 3.05) is 6.61 Å². The average molecular weight is 304 g/mol. The number of fused-ring (bicyclic) bond motifs is 1. The third kappa shape index (κ3) is 2.96. The molecule has 2 nitrogen and oxygen atoms in total. The Labute approximate surface area is 135 Å². The van der Waals surface area contributed by atoms with Gasteiger partial charge in [-0.3, -0.25) is 0 Å². The molecular weight excluding hydrogens is 272 g/mol. The highest BCUT2D eigenvalue weighted by molar-refractivity contribution is 5.21. The molecule has 0 bridgehead atoms. The Kier molecular flexibility index (Phi) is 5.03. The Balaban J connectivity index is 2.36. The van der Waals surface area contributed by atoms with Crippen molar-refractivity contribution in [1.82, 2.24) is 0 Å². The molecule has 0 unspecified atom stereocenters. The molecule has 0 heterocycles. The summed E-state index contributed by atoms with van der Waals surface area (Å²) < 4.78 is 0. The van der Waals surface area contributed by atoms with Crippen LogP contribution in [0.4, 0.5) is 0 Å². The summed E-state index contributed by atoms with van der Waals surface area (Å²) in [7, 11) is 0. The topological polar surface area (TPSA) is 40.5 Å². The summed E-state index contributed by atoms with van der Waals surface area (Å²) in [6.45, 7) is 14.8. The van der Waals surface area contributed by atoms with Gasteiger partial charge in [-0.25, -0.2) is 0 Å². The molecule has 0 saturated heterocycles. The standard InChI is InChI=1S/C20H32O2/c1-6-14(2)7-9-17-15(3)8-10-18-19(4,13-21)11-16(22)12-20(17,18)5/h6-7,16-18,21-22H,1,3,8-13H2,2,4-5H3/b14-7+/t16-,17-,18-,19-,20+/m0/s1. The second-order valence-corrected chi connectivity index (χ2v) is 8.07. The minimum absolute atomic E-state index is 0.0163. The van der Waals surface area contributed by atoms with Gasteiger partial charge in [0.25, 0.3) is 0 Å². The zero-order chi connectivity index (χ0) is 16.5.